The minimum absolute atomic E-state index is 0.282. The zero-order valence-corrected chi connectivity index (χ0v) is 9.18. The average Bonchev–Trinajstić information content (AvgIpc) is 2.90. The van der Waals surface area contributed by atoms with Crippen LogP contribution in [0.2, 0.25) is 0 Å². The molecule has 0 aromatic carbocycles. The Morgan fingerprint density at radius 1 is 1.36 bits per heavy atom. The molecule has 1 spiro atoms. The Labute approximate surface area is 86.2 Å². The zero-order valence-electron chi connectivity index (χ0n) is 9.18. The lowest BCUT2D eigenvalue weighted by atomic mass is 9.97. The fraction of sp³-hybridized carbons (Fsp3) is 0.667. The third-order valence-corrected chi connectivity index (χ3v) is 3.27. The van der Waals surface area contributed by atoms with E-state index in [1.807, 2.05) is 6.08 Å². The number of likely N-dealkylation sites (tertiary alicyclic amines) is 1. The van der Waals surface area contributed by atoms with Crippen LogP contribution in [0.3, 0.4) is 0 Å². The lowest BCUT2D eigenvalue weighted by Crippen LogP contribution is -2.37. The van der Waals surface area contributed by atoms with Gasteiger partial charge in [0.25, 0.3) is 0 Å². The van der Waals surface area contributed by atoms with Crippen LogP contribution in [-0.4, -0.2) is 30.2 Å². The van der Waals surface area contributed by atoms with Crippen molar-refractivity contribution < 1.29 is 4.74 Å². The van der Waals surface area contributed by atoms with E-state index in [1.165, 1.54) is 24.1 Å². The summed E-state index contributed by atoms with van der Waals surface area (Å²) < 4.78 is 5.49. The van der Waals surface area contributed by atoms with Crippen molar-refractivity contribution in [3.63, 3.8) is 0 Å². The topological polar surface area (TPSA) is 15.8 Å². The monoisotopic (exact) mass is 193 g/mol. The molecular weight excluding hydrogens is 174 g/mol. The molecule has 0 saturated carbocycles. The molecule has 0 bridgehead atoms. The molecule has 0 unspecified atom stereocenters. The highest BCUT2D eigenvalue weighted by molar-refractivity contribution is 5.21. The highest BCUT2D eigenvalue weighted by atomic mass is 16.6. The molecule has 2 heteroatoms. The van der Waals surface area contributed by atoms with Gasteiger partial charge in [-0.15, -0.1) is 0 Å². The van der Waals surface area contributed by atoms with Gasteiger partial charge in [-0.3, -0.25) is 0 Å². The second-order valence-electron chi connectivity index (χ2n) is 4.55. The number of rotatable bonds is 2. The summed E-state index contributed by atoms with van der Waals surface area (Å²) >= 11 is 0. The molecule has 0 N–H and O–H groups in total. The molecule has 0 radical (unpaired) electrons. The van der Waals surface area contributed by atoms with Gasteiger partial charge in [-0.05, 0) is 32.8 Å². The van der Waals surface area contributed by atoms with E-state index >= 15 is 0 Å². The maximum absolute atomic E-state index is 5.49. The standard InChI is InChI=1S/C12H19NO/c1-4-11(10(2)3)13-7-5-12(6-8-13)9-14-12/h4H,1,5-9H2,2-3H3. The smallest absolute Gasteiger partial charge is 0.0950 e. The van der Waals surface area contributed by atoms with E-state index in [4.69, 9.17) is 4.74 Å². The highest BCUT2D eigenvalue weighted by Crippen LogP contribution is 2.38. The van der Waals surface area contributed by atoms with Crippen LogP contribution in [-0.2, 0) is 4.74 Å². The highest BCUT2D eigenvalue weighted by Gasteiger charge is 2.46. The van der Waals surface area contributed by atoms with Gasteiger partial charge in [0.15, 0.2) is 0 Å². The first-order valence-corrected chi connectivity index (χ1v) is 5.36. The van der Waals surface area contributed by atoms with Gasteiger partial charge in [0.2, 0.25) is 0 Å². The van der Waals surface area contributed by atoms with Crippen LogP contribution in [0.25, 0.3) is 0 Å². The molecule has 2 fully saturated rings. The van der Waals surface area contributed by atoms with E-state index < -0.39 is 0 Å². The maximum atomic E-state index is 5.49. The molecule has 78 valence electrons. The molecule has 2 aliphatic rings. The van der Waals surface area contributed by atoms with Gasteiger partial charge < -0.3 is 9.64 Å². The Morgan fingerprint density at radius 3 is 2.29 bits per heavy atom. The quantitative estimate of drug-likeness (QED) is 0.494. The van der Waals surface area contributed by atoms with Crippen molar-refractivity contribution in [1.29, 1.82) is 0 Å². The van der Waals surface area contributed by atoms with Crippen molar-refractivity contribution in [2.75, 3.05) is 19.7 Å². The van der Waals surface area contributed by atoms with Crippen LogP contribution in [0.5, 0.6) is 0 Å². The fourth-order valence-corrected chi connectivity index (χ4v) is 2.20. The minimum atomic E-state index is 0.282. The van der Waals surface area contributed by atoms with E-state index in [0.29, 0.717) is 0 Å². The number of hydrogen-bond acceptors (Lipinski definition) is 2. The molecule has 0 atom stereocenters. The normalized spacial score (nSPS) is 23.4. The number of piperidine rings is 1. The largest absolute Gasteiger partial charge is 0.371 e. The second-order valence-corrected chi connectivity index (χ2v) is 4.55. The first-order chi connectivity index (χ1) is 6.67. The summed E-state index contributed by atoms with van der Waals surface area (Å²) in [5, 5.41) is 0. The number of nitrogens with zero attached hydrogens (tertiary/aromatic N) is 1. The number of allylic oxidation sites excluding steroid dienone is 2. The Balaban J connectivity index is 2.00. The lowest BCUT2D eigenvalue weighted by molar-refractivity contribution is 0.176. The summed E-state index contributed by atoms with van der Waals surface area (Å²) in [7, 11) is 0. The summed E-state index contributed by atoms with van der Waals surface area (Å²) in [5.41, 5.74) is 2.94. The maximum Gasteiger partial charge on any atom is 0.0950 e. The summed E-state index contributed by atoms with van der Waals surface area (Å²) in [6.45, 7) is 11.4. The molecule has 2 rings (SSSR count). The zero-order chi connectivity index (χ0) is 10.2. The van der Waals surface area contributed by atoms with Crippen LogP contribution in [0, 0.1) is 0 Å². The summed E-state index contributed by atoms with van der Waals surface area (Å²) in [4.78, 5) is 2.43. The molecule has 2 heterocycles. The number of epoxide rings is 1. The predicted molar refractivity (Wildman–Crippen MR) is 58.1 cm³/mol. The molecule has 0 aromatic heterocycles. The Kier molecular flexibility index (Phi) is 2.40. The van der Waals surface area contributed by atoms with E-state index in [0.717, 1.165) is 19.7 Å². The molecule has 2 aliphatic heterocycles. The van der Waals surface area contributed by atoms with Crippen LogP contribution in [0.1, 0.15) is 26.7 Å². The van der Waals surface area contributed by atoms with Crippen molar-refractivity contribution in [2.45, 2.75) is 32.3 Å². The van der Waals surface area contributed by atoms with Crippen LogP contribution in [0.4, 0.5) is 0 Å². The molecule has 2 saturated heterocycles. The van der Waals surface area contributed by atoms with Crippen molar-refractivity contribution >= 4 is 0 Å². The Morgan fingerprint density at radius 2 is 1.93 bits per heavy atom. The van der Waals surface area contributed by atoms with Crippen molar-refractivity contribution in [3.8, 4) is 0 Å². The SMILES string of the molecule is C=CC(=C(C)C)N1CCC2(CC1)CO2. The van der Waals surface area contributed by atoms with E-state index in [1.54, 1.807) is 0 Å². The second kappa shape index (κ2) is 3.43. The molecule has 0 aliphatic carbocycles. The lowest BCUT2D eigenvalue weighted by Gasteiger charge is -2.33. The fourth-order valence-electron chi connectivity index (χ4n) is 2.20. The van der Waals surface area contributed by atoms with Crippen LogP contribution >= 0.6 is 0 Å². The van der Waals surface area contributed by atoms with Gasteiger partial charge in [-0.25, -0.2) is 0 Å². The van der Waals surface area contributed by atoms with Crippen molar-refractivity contribution in [2.24, 2.45) is 0 Å². The molecule has 0 aromatic rings. The van der Waals surface area contributed by atoms with Gasteiger partial charge in [0.05, 0.1) is 12.2 Å². The van der Waals surface area contributed by atoms with E-state index in [9.17, 15) is 0 Å². The summed E-state index contributed by atoms with van der Waals surface area (Å²) in [6.07, 6.45) is 4.33. The van der Waals surface area contributed by atoms with E-state index in [-0.39, 0.29) is 5.60 Å². The van der Waals surface area contributed by atoms with Crippen molar-refractivity contribution in [3.05, 3.63) is 23.9 Å². The summed E-state index contributed by atoms with van der Waals surface area (Å²) in [6, 6.07) is 0. The average molecular weight is 193 g/mol. The van der Waals surface area contributed by atoms with Crippen LogP contribution in [0.15, 0.2) is 23.9 Å². The van der Waals surface area contributed by atoms with Gasteiger partial charge in [0.1, 0.15) is 0 Å². The number of ether oxygens (including phenoxy) is 1. The third-order valence-electron chi connectivity index (χ3n) is 3.27. The van der Waals surface area contributed by atoms with Gasteiger partial charge in [-0.1, -0.05) is 12.2 Å². The molecule has 0 amide bonds. The summed E-state index contributed by atoms with van der Waals surface area (Å²) in [5.74, 6) is 0. The van der Waals surface area contributed by atoms with Crippen molar-refractivity contribution in [1.82, 2.24) is 4.90 Å². The Hall–Kier alpha value is -0.760. The molecule has 14 heavy (non-hydrogen) atoms. The molecule has 2 nitrogen and oxygen atoms in total. The predicted octanol–water partition coefficient (Wildman–Crippen LogP) is 2.33. The molecular formula is C12H19NO. The van der Waals surface area contributed by atoms with Crippen LogP contribution < -0.4 is 0 Å². The van der Waals surface area contributed by atoms with E-state index in [2.05, 4.69) is 25.3 Å². The minimum Gasteiger partial charge on any atom is -0.371 e. The van der Waals surface area contributed by atoms with Gasteiger partial charge >= 0.3 is 0 Å². The Bertz CT molecular complexity index is 262. The van der Waals surface area contributed by atoms with Gasteiger partial charge in [0, 0.05) is 18.8 Å². The van der Waals surface area contributed by atoms with Gasteiger partial charge in [-0.2, -0.15) is 0 Å². The first-order valence-electron chi connectivity index (χ1n) is 5.36. The first kappa shape index (κ1) is 9.78. The third kappa shape index (κ3) is 1.71. The number of hydrogen-bond donors (Lipinski definition) is 0.